The van der Waals surface area contributed by atoms with Gasteiger partial charge in [-0.2, -0.15) is 0 Å². The Morgan fingerprint density at radius 1 is 1.29 bits per heavy atom. The van der Waals surface area contributed by atoms with Crippen molar-refractivity contribution in [3.05, 3.63) is 23.3 Å². The van der Waals surface area contributed by atoms with Crippen LogP contribution in [0.3, 0.4) is 0 Å². The number of amides is 1. The van der Waals surface area contributed by atoms with Crippen LogP contribution in [0.4, 0.5) is 0 Å². The molecule has 0 aromatic heterocycles. The first-order chi connectivity index (χ1) is 8.17. The van der Waals surface area contributed by atoms with Crippen LogP contribution in [0, 0.1) is 6.92 Å². The Morgan fingerprint density at radius 2 is 2.00 bits per heavy atom. The number of rotatable bonds is 4. The maximum absolute atomic E-state index is 12.0. The van der Waals surface area contributed by atoms with Crippen molar-refractivity contribution in [3.8, 4) is 11.5 Å². The average molecular weight is 235 g/mol. The molecule has 0 atom stereocenters. The van der Waals surface area contributed by atoms with E-state index in [4.69, 9.17) is 9.47 Å². The Morgan fingerprint density at radius 3 is 2.53 bits per heavy atom. The highest BCUT2D eigenvalue weighted by molar-refractivity contribution is 5.98. The van der Waals surface area contributed by atoms with Crippen LogP contribution in [0.15, 0.2) is 12.1 Å². The van der Waals surface area contributed by atoms with Crippen LogP contribution in [0.1, 0.15) is 28.8 Å². The summed E-state index contributed by atoms with van der Waals surface area (Å²) in [6.07, 6.45) is 2.15. The second-order valence-electron chi connectivity index (χ2n) is 4.22. The molecule has 1 saturated carbocycles. The molecular weight excluding hydrogens is 218 g/mol. The first-order valence-electron chi connectivity index (χ1n) is 5.69. The summed E-state index contributed by atoms with van der Waals surface area (Å²) in [5.74, 6) is 1.24. The van der Waals surface area contributed by atoms with Crippen molar-refractivity contribution >= 4 is 5.91 Å². The van der Waals surface area contributed by atoms with E-state index in [9.17, 15) is 4.79 Å². The van der Waals surface area contributed by atoms with Crippen molar-refractivity contribution in [2.24, 2.45) is 0 Å². The summed E-state index contributed by atoms with van der Waals surface area (Å²) >= 11 is 0. The lowest BCUT2D eigenvalue weighted by molar-refractivity contribution is 0.0948. The van der Waals surface area contributed by atoms with E-state index in [-0.39, 0.29) is 5.91 Å². The molecule has 0 unspecified atom stereocenters. The van der Waals surface area contributed by atoms with Crippen LogP contribution >= 0.6 is 0 Å². The summed E-state index contributed by atoms with van der Waals surface area (Å²) in [5.41, 5.74) is 1.41. The third-order valence-corrected chi connectivity index (χ3v) is 2.94. The molecule has 4 nitrogen and oxygen atoms in total. The molecule has 17 heavy (non-hydrogen) atoms. The molecule has 0 heterocycles. The highest BCUT2D eigenvalue weighted by Gasteiger charge is 2.26. The summed E-state index contributed by atoms with van der Waals surface area (Å²) < 4.78 is 10.5. The predicted molar refractivity (Wildman–Crippen MR) is 64.8 cm³/mol. The number of methoxy groups -OCH3 is 2. The van der Waals surface area contributed by atoms with Gasteiger partial charge in [-0.25, -0.2) is 0 Å². The van der Waals surface area contributed by atoms with Crippen LogP contribution < -0.4 is 14.8 Å². The summed E-state index contributed by atoms with van der Waals surface area (Å²) in [4.78, 5) is 12.0. The Labute approximate surface area is 101 Å². The van der Waals surface area contributed by atoms with Crippen LogP contribution in [0.2, 0.25) is 0 Å². The monoisotopic (exact) mass is 235 g/mol. The van der Waals surface area contributed by atoms with Gasteiger partial charge in [-0.15, -0.1) is 0 Å². The molecule has 0 aliphatic heterocycles. The van der Waals surface area contributed by atoms with Crippen molar-refractivity contribution in [3.63, 3.8) is 0 Å². The number of ether oxygens (including phenoxy) is 2. The van der Waals surface area contributed by atoms with Crippen molar-refractivity contribution in [1.82, 2.24) is 5.32 Å². The number of carbonyl (C=O) groups is 1. The first kappa shape index (κ1) is 11.8. The number of nitrogens with one attached hydrogen (secondary N) is 1. The van der Waals surface area contributed by atoms with Gasteiger partial charge in [-0.3, -0.25) is 4.79 Å². The normalized spacial score (nSPS) is 14.3. The fourth-order valence-corrected chi connectivity index (χ4v) is 1.83. The van der Waals surface area contributed by atoms with Crippen molar-refractivity contribution in [2.75, 3.05) is 14.2 Å². The van der Waals surface area contributed by atoms with E-state index in [0.717, 1.165) is 24.2 Å². The molecule has 0 spiro atoms. The molecule has 4 heteroatoms. The van der Waals surface area contributed by atoms with Gasteiger partial charge >= 0.3 is 0 Å². The number of benzene rings is 1. The molecule has 1 amide bonds. The van der Waals surface area contributed by atoms with Gasteiger partial charge in [-0.05, 0) is 31.9 Å². The molecule has 1 aromatic rings. The second kappa shape index (κ2) is 4.65. The van der Waals surface area contributed by atoms with Crippen LogP contribution in [-0.2, 0) is 0 Å². The van der Waals surface area contributed by atoms with Crippen molar-refractivity contribution in [2.45, 2.75) is 25.8 Å². The molecule has 1 aliphatic rings. The zero-order valence-corrected chi connectivity index (χ0v) is 10.4. The third kappa shape index (κ3) is 2.35. The number of hydrogen-bond donors (Lipinski definition) is 1. The fourth-order valence-electron chi connectivity index (χ4n) is 1.83. The SMILES string of the molecule is COc1ccc(C(=O)NC2CC2)c(OC)c1C. The summed E-state index contributed by atoms with van der Waals surface area (Å²) in [5, 5.41) is 2.95. The molecule has 1 aromatic carbocycles. The zero-order chi connectivity index (χ0) is 12.4. The van der Waals surface area contributed by atoms with E-state index in [1.54, 1.807) is 26.4 Å². The Bertz CT molecular complexity index is 439. The number of carbonyl (C=O) groups excluding carboxylic acids is 1. The largest absolute Gasteiger partial charge is 0.496 e. The topological polar surface area (TPSA) is 47.6 Å². The highest BCUT2D eigenvalue weighted by atomic mass is 16.5. The van der Waals surface area contributed by atoms with Gasteiger partial charge in [0.2, 0.25) is 0 Å². The van der Waals surface area contributed by atoms with E-state index in [2.05, 4.69) is 5.32 Å². The molecule has 0 bridgehead atoms. The zero-order valence-electron chi connectivity index (χ0n) is 10.4. The molecule has 1 aliphatic carbocycles. The quantitative estimate of drug-likeness (QED) is 0.867. The molecule has 0 saturated heterocycles. The fraction of sp³-hybridized carbons (Fsp3) is 0.462. The average Bonchev–Trinajstić information content (AvgIpc) is 3.12. The van der Waals surface area contributed by atoms with Crippen molar-refractivity contribution < 1.29 is 14.3 Å². The van der Waals surface area contributed by atoms with E-state index in [1.165, 1.54) is 0 Å². The lowest BCUT2D eigenvalue weighted by Gasteiger charge is -2.14. The predicted octanol–water partition coefficient (Wildman–Crippen LogP) is 1.90. The van der Waals surface area contributed by atoms with Gasteiger partial charge in [-0.1, -0.05) is 0 Å². The Hall–Kier alpha value is -1.71. The van der Waals surface area contributed by atoms with Gasteiger partial charge in [0.15, 0.2) is 0 Å². The molecule has 1 fully saturated rings. The van der Waals surface area contributed by atoms with Gasteiger partial charge in [0, 0.05) is 11.6 Å². The smallest absolute Gasteiger partial charge is 0.255 e. The lowest BCUT2D eigenvalue weighted by atomic mass is 10.1. The molecule has 2 rings (SSSR count). The Balaban J connectivity index is 2.31. The van der Waals surface area contributed by atoms with Gasteiger partial charge < -0.3 is 14.8 Å². The second-order valence-corrected chi connectivity index (χ2v) is 4.22. The Kier molecular flexibility index (Phi) is 3.22. The summed E-state index contributed by atoms with van der Waals surface area (Å²) in [6, 6.07) is 3.87. The molecule has 92 valence electrons. The van der Waals surface area contributed by atoms with E-state index in [0.29, 0.717) is 17.4 Å². The van der Waals surface area contributed by atoms with E-state index >= 15 is 0 Å². The summed E-state index contributed by atoms with van der Waals surface area (Å²) in [6.45, 7) is 1.88. The molecule has 1 N–H and O–H groups in total. The highest BCUT2D eigenvalue weighted by Crippen LogP contribution is 2.31. The first-order valence-corrected chi connectivity index (χ1v) is 5.69. The minimum absolute atomic E-state index is 0.0740. The standard InChI is InChI=1S/C13H17NO3/c1-8-11(16-2)7-6-10(12(8)17-3)13(15)14-9-4-5-9/h6-7,9H,4-5H2,1-3H3,(H,14,15). The maximum atomic E-state index is 12.0. The number of hydrogen-bond acceptors (Lipinski definition) is 3. The minimum atomic E-state index is -0.0740. The van der Waals surface area contributed by atoms with Gasteiger partial charge in [0.25, 0.3) is 5.91 Å². The van der Waals surface area contributed by atoms with Crippen LogP contribution in [0.5, 0.6) is 11.5 Å². The minimum Gasteiger partial charge on any atom is -0.496 e. The van der Waals surface area contributed by atoms with E-state index in [1.807, 2.05) is 6.92 Å². The van der Waals surface area contributed by atoms with Crippen molar-refractivity contribution in [1.29, 1.82) is 0 Å². The van der Waals surface area contributed by atoms with Crippen LogP contribution in [0.25, 0.3) is 0 Å². The molecule has 0 radical (unpaired) electrons. The lowest BCUT2D eigenvalue weighted by Crippen LogP contribution is -2.26. The van der Waals surface area contributed by atoms with Gasteiger partial charge in [0.1, 0.15) is 11.5 Å². The van der Waals surface area contributed by atoms with Crippen LogP contribution in [-0.4, -0.2) is 26.2 Å². The van der Waals surface area contributed by atoms with E-state index < -0.39 is 0 Å². The molecular formula is C13H17NO3. The third-order valence-electron chi connectivity index (χ3n) is 2.94. The van der Waals surface area contributed by atoms with Gasteiger partial charge in [0.05, 0.1) is 19.8 Å². The maximum Gasteiger partial charge on any atom is 0.255 e. The summed E-state index contributed by atoms with van der Waals surface area (Å²) in [7, 11) is 3.17.